The van der Waals surface area contributed by atoms with E-state index in [1.807, 2.05) is 36.4 Å². The van der Waals surface area contributed by atoms with E-state index in [-0.39, 0.29) is 5.91 Å². The number of carbonyl (C=O) groups is 1. The average molecular weight is 439 g/mol. The second-order valence-electron chi connectivity index (χ2n) is 5.01. The van der Waals surface area contributed by atoms with Gasteiger partial charge in [-0.05, 0) is 30.3 Å². The summed E-state index contributed by atoms with van der Waals surface area (Å²) in [6.07, 6.45) is 0.310. The van der Waals surface area contributed by atoms with Gasteiger partial charge in [0.1, 0.15) is 0 Å². The van der Waals surface area contributed by atoms with Crippen LogP contribution in [-0.2, 0) is 4.79 Å². The van der Waals surface area contributed by atoms with Crippen LogP contribution in [0.25, 0.3) is 11.5 Å². The van der Waals surface area contributed by atoms with Gasteiger partial charge >= 0.3 is 0 Å². The largest absolute Gasteiger partial charge is 0.411 e. The van der Waals surface area contributed by atoms with Crippen molar-refractivity contribution in [2.75, 3.05) is 11.1 Å². The first-order valence-corrected chi connectivity index (χ1v) is 9.54. The van der Waals surface area contributed by atoms with Crippen LogP contribution in [0.5, 0.6) is 0 Å². The van der Waals surface area contributed by atoms with Crippen LogP contribution in [0, 0.1) is 0 Å². The second-order valence-corrected chi connectivity index (χ2v) is 7.38. The summed E-state index contributed by atoms with van der Waals surface area (Å²) < 4.78 is 6.55. The Balaban J connectivity index is 1.51. The van der Waals surface area contributed by atoms with Gasteiger partial charge in [0.15, 0.2) is 0 Å². The van der Waals surface area contributed by atoms with Crippen molar-refractivity contribution in [3.8, 4) is 11.5 Å². The lowest BCUT2D eigenvalue weighted by atomic mass is 10.2. The molecule has 0 saturated carbocycles. The molecule has 0 spiro atoms. The van der Waals surface area contributed by atoms with Crippen LogP contribution in [0.2, 0.25) is 5.02 Å². The van der Waals surface area contributed by atoms with Gasteiger partial charge in [-0.2, -0.15) is 0 Å². The Morgan fingerprint density at radius 3 is 2.84 bits per heavy atom. The van der Waals surface area contributed by atoms with E-state index in [1.54, 1.807) is 12.1 Å². The van der Waals surface area contributed by atoms with E-state index in [4.69, 9.17) is 16.0 Å². The minimum Gasteiger partial charge on any atom is -0.411 e. The molecule has 0 bridgehead atoms. The van der Waals surface area contributed by atoms with E-state index in [9.17, 15) is 4.79 Å². The van der Waals surface area contributed by atoms with Gasteiger partial charge in [-0.3, -0.25) is 4.79 Å². The lowest BCUT2D eigenvalue weighted by molar-refractivity contribution is -0.115. The zero-order valence-electron chi connectivity index (χ0n) is 12.9. The highest BCUT2D eigenvalue weighted by Crippen LogP contribution is 2.26. The summed E-state index contributed by atoms with van der Waals surface area (Å²) in [5.41, 5.74) is 1.44. The van der Waals surface area contributed by atoms with Crippen molar-refractivity contribution in [2.24, 2.45) is 0 Å². The van der Waals surface area contributed by atoms with Crippen molar-refractivity contribution in [1.82, 2.24) is 10.2 Å². The van der Waals surface area contributed by atoms with Crippen molar-refractivity contribution < 1.29 is 9.21 Å². The molecule has 0 atom stereocenters. The van der Waals surface area contributed by atoms with Gasteiger partial charge < -0.3 is 9.73 Å². The Morgan fingerprint density at radius 1 is 1.20 bits per heavy atom. The quantitative estimate of drug-likeness (QED) is 0.531. The van der Waals surface area contributed by atoms with Crippen LogP contribution in [-0.4, -0.2) is 21.9 Å². The number of thioether (sulfide) groups is 1. The summed E-state index contributed by atoms with van der Waals surface area (Å²) in [4.78, 5) is 12.0. The smallest absolute Gasteiger partial charge is 0.276 e. The third-order valence-electron chi connectivity index (χ3n) is 3.18. The van der Waals surface area contributed by atoms with E-state index in [0.29, 0.717) is 34.0 Å². The van der Waals surface area contributed by atoms with Crippen molar-refractivity contribution in [1.29, 1.82) is 0 Å². The Labute approximate surface area is 162 Å². The molecule has 3 rings (SSSR count). The lowest BCUT2D eigenvalue weighted by Crippen LogP contribution is -2.12. The summed E-state index contributed by atoms with van der Waals surface area (Å²) in [7, 11) is 0. The molecule has 0 saturated heterocycles. The number of hydrogen-bond acceptors (Lipinski definition) is 5. The molecule has 1 heterocycles. The third kappa shape index (κ3) is 5.07. The third-order valence-corrected chi connectivity index (χ3v) is 4.82. The van der Waals surface area contributed by atoms with Crippen LogP contribution >= 0.6 is 39.3 Å². The van der Waals surface area contributed by atoms with Crippen LogP contribution in [0.3, 0.4) is 0 Å². The number of rotatable bonds is 6. The maximum atomic E-state index is 12.0. The van der Waals surface area contributed by atoms with Crippen LogP contribution in [0.1, 0.15) is 6.42 Å². The molecule has 0 aliphatic heterocycles. The highest BCUT2D eigenvalue weighted by Gasteiger charge is 2.11. The number of anilines is 1. The number of aromatic nitrogens is 2. The molecule has 0 aliphatic carbocycles. The Bertz CT molecular complexity index is 888. The van der Waals surface area contributed by atoms with Gasteiger partial charge in [0.25, 0.3) is 5.22 Å². The zero-order valence-corrected chi connectivity index (χ0v) is 16.1. The molecular formula is C17H13BrClN3O2S. The second kappa shape index (κ2) is 8.51. The zero-order chi connectivity index (χ0) is 17.6. The molecule has 128 valence electrons. The number of amides is 1. The molecule has 1 N–H and O–H groups in total. The highest BCUT2D eigenvalue weighted by atomic mass is 79.9. The van der Waals surface area contributed by atoms with Crippen LogP contribution in [0.4, 0.5) is 5.69 Å². The van der Waals surface area contributed by atoms with Gasteiger partial charge in [0.2, 0.25) is 11.8 Å². The molecule has 1 aromatic heterocycles. The molecule has 3 aromatic rings. The summed E-state index contributed by atoms with van der Waals surface area (Å²) >= 11 is 10.8. The number of halogens is 2. The topological polar surface area (TPSA) is 68.0 Å². The monoisotopic (exact) mass is 437 g/mol. The van der Waals surface area contributed by atoms with Crippen molar-refractivity contribution >= 4 is 50.9 Å². The van der Waals surface area contributed by atoms with E-state index in [0.717, 1.165) is 10.0 Å². The molecular weight excluding hydrogens is 426 g/mol. The van der Waals surface area contributed by atoms with Crippen LogP contribution in [0.15, 0.2) is 62.6 Å². The molecule has 2 aromatic carbocycles. The number of hydrogen-bond donors (Lipinski definition) is 1. The van der Waals surface area contributed by atoms with Crippen molar-refractivity contribution in [3.63, 3.8) is 0 Å². The molecule has 0 radical (unpaired) electrons. The Morgan fingerprint density at radius 2 is 2.04 bits per heavy atom. The predicted molar refractivity (Wildman–Crippen MR) is 103 cm³/mol. The first kappa shape index (κ1) is 18.0. The molecule has 0 aliphatic rings. The van der Waals surface area contributed by atoms with Gasteiger partial charge in [-0.15, -0.1) is 10.2 Å². The summed E-state index contributed by atoms with van der Waals surface area (Å²) in [5, 5.41) is 11.7. The highest BCUT2D eigenvalue weighted by molar-refractivity contribution is 9.10. The fourth-order valence-corrected chi connectivity index (χ4v) is 3.29. The summed E-state index contributed by atoms with van der Waals surface area (Å²) in [5.74, 6) is 0.854. The van der Waals surface area contributed by atoms with Crippen LogP contribution < -0.4 is 5.32 Å². The number of nitrogens with one attached hydrogen (secondary N) is 1. The fourth-order valence-electron chi connectivity index (χ4n) is 2.01. The molecule has 5 nitrogen and oxygen atoms in total. The van der Waals surface area contributed by atoms with E-state index in [2.05, 4.69) is 31.4 Å². The van der Waals surface area contributed by atoms with E-state index >= 15 is 0 Å². The van der Waals surface area contributed by atoms with Crippen molar-refractivity contribution in [3.05, 3.63) is 58.0 Å². The number of nitrogens with zero attached hydrogens (tertiary/aromatic N) is 2. The minimum atomic E-state index is -0.118. The van der Waals surface area contributed by atoms with Crippen molar-refractivity contribution in [2.45, 2.75) is 11.6 Å². The normalized spacial score (nSPS) is 10.6. The maximum absolute atomic E-state index is 12.0. The number of benzene rings is 2. The molecule has 0 unspecified atom stereocenters. The standard InChI is InChI=1S/C17H13BrClN3O2S/c18-12-5-3-4-11(10-12)16-21-22-17(24-16)25-9-8-15(23)20-14-7-2-1-6-13(14)19/h1-7,10H,8-9H2,(H,20,23). The molecule has 1 amide bonds. The average Bonchev–Trinajstić information content (AvgIpc) is 3.06. The number of para-hydroxylation sites is 1. The first-order valence-electron chi connectivity index (χ1n) is 7.38. The van der Waals surface area contributed by atoms with E-state index < -0.39 is 0 Å². The molecule has 25 heavy (non-hydrogen) atoms. The molecule has 8 heteroatoms. The predicted octanol–water partition coefficient (Wildman–Crippen LogP) is 5.27. The lowest BCUT2D eigenvalue weighted by Gasteiger charge is -2.05. The summed E-state index contributed by atoms with van der Waals surface area (Å²) in [6.45, 7) is 0. The summed E-state index contributed by atoms with van der Waals surface area (Å²) in [6, 6.07) is 14.7. The first-order chi connectivity index (χ1) is 12.1. The Hall–Kier alpha value is -1.83. The van der Waals surface area contributed by atoms with Gasteiger partial charge in [0.05, 0.1) is 10.7 Å². The van der Waals surface area contributed by atoms with Gasteiger partial charge in [-0.25, -0.2) is 0 Å². The van der Waals surface area contributed by atoms with E-state index in [1.165, 1.54) is 11.8 Å². The minimum absolute atomic E-state index is 0.118. The SMILES string of the molecule is O=C(CCSc1nnc(-c2cccc(Br)c2)o1)Nc1ccccc1Cl. The number of carbonyl (C=O) groups excluding carboxylic acids is 1. The fraction of sp³-hybridized carbons (Fsp3) is 0.118. The molecule has 0 fully saturated rings. The van der Waals surface area contributed by atoms with Gasteiger partial charge in [0, 0.05) is 22.2 Å². The van der Waals surface area contributed by atoms with Gasteiger partial charge in [-0.1, -0.05) is 57.5 Å². The Kier molecular flexibility index (Phi) is 6.12. The maximum Gasteiger partial charge on any atom is 0.276 e.